The first kappa shape index (κ1) is 16.8. The number of rotatable bonds is 5. The maximum atomic E-state index is 11.7. The van der Waals surface area contributed by atoms with Crippen molar-refractivity contribution >= 4 is 35.3 Å². The minimum absolute atomic E-state index is 0.260. The molecule has 0 aliphatic rings. The molecule has 1 amide bonds. The van der Waals surface area contributed by atoms with E-state index in [1.807, 2.05) is 6.07 Å². The lowest BCUT2D eigenvalue weighted by atomic mass is 10.2. The van der Waals surface area contributed by atoms with Crippen LogP contribution in [0.4, 0.5) is 0 Å². The molecule has 2 aromatic rings. The van der Waals surface area contributed by atoms with Gasteiger partial charge in [-0.1, -0.05) is 41.4 Å². The van der Waals surface area contributed by atoms with E-state index in [2.05, 4.69) is 10.5 Å². The Labute approximate surface area is 143 Å². The highest BCUT2D eigenvalue weighted by Crippen LogP contribution is 2.19. The van der Waals surface area contributed by atoms with Crippen LogP contribution < -0.4 is 10.2 Å². The fourth-order valence-corrected chi connectivity index (χ4v) is 2.10. The topological polar surface area (TPSA) is 74.5 Å². The molecule has 0 aliphatic carbocycles. The molecule has 116 valence electrons. The smallest absolute Gasteiger partial charge is 0.277 e. The van der Waals surface area contributed by atoms with Gasteiger partial charge in [0.1, 0.15) is 11.8 Å². The highest BCUT2D eigenvalue weighted by Gasteiger charge is 2.05. The monoisotopic (exact) mass is 347 g/mol. The number of para-hydroxylation sites is 1. The molecule has 0 unspecified atom stereocenters. The zero-order valence-electron chi connectivity index (χ0n) is 11.8. The number of hydrogen-bond acceptors (Lipinski definition) is 4. The summed E-state index contributed by atoms with van der Waals surface area (Å²) < 4.78 is 5.28. The Morgan fingerprint density at radius 3 is 2.83 bits per heavy atom. The van der Waals surface area contributed by atoms with Crippen molar-refractivity contribution in [2.75, 3.05) is 6.61 Å². The molecule has 0 atom stereocenters. The third-order valence-corrected chi connectivity index (χ3v) is 3.28. The third-order valence-electron chi connectivity index (χ3n) is 2.72. The van der Waals surface area contributed by atoms with Crippen LogP contribution in [0.25, 0.3) is 0 Å². The summed E-state index contributed by atoms with van der Waals surface area (Å²) >= 11 is 11.8. The van der Waals surface area contributed by atoms with Crippen LogP contribution in [0.3, 0.4) is 0 Å². The molecule has 0 bridgehead atoms. The summed E-state index contributed by atoms with van der Waals surface area (Å²) in [6.07, 6.45) is 1.40. The fraction of sp³-hybridized carbons (Fsp3) is 0.0625. The zero-order valence-corrected chi connectivity index (χ0v) is 13.3. The molecule has 5 nitrogen and oxygen atoms in total. The Bertz CT molecular complexity index is 785. The highest BCUT2D eigenvalue weighted by molar-refractivity contribution is 6.36. The number of amides is 1. The number of benzene rings is 2. The molecule has 0 spiro atoms. The van der Waals surface area contributed by atoms with Crippen molar-refractivity contribution in [2.24, 2.45) is 5.10 Å². The number of carbonyl (C=O) groups excluding carboxylic acids is 1. The van der Waals surface area contributed by atoms with Crippen molar-refractivity contribution in [1.29, 1.82) is 5.26 Å². The van der Waals surface area contributed by atoms with Gasteiger partial charge in [0.2, 0.25) is 0 Å². The van der Waals surface area contributed by atoms with Gasteiger partial charge in [-0.15, -0.1) is 0 Å². The van der Waals surface area contributed by atoms with E-state index in [0.29, 0.717) is 26.9 Å². The molecular formula is C16H11Cl2N3O2. The molecule has 0 fully saturated rings. The second kappa shape index (κ2) is 8.18. The molecule has 1 N–H and O–H groups in total. The third kappa shape index (κ3) is 4.99. The van der Waals surface area contributed by atoms with Crippen LogP contribution in [-0.4, -0.2) is 18.7 Å². The van der Waals surface area contributed by atoms with E-state index in [4.69, 9.17) is 33.2 Å². The van der Waals surface area contributed by atoms with Crippen LogP contribution in [0, 0.1) is 11.3 Å². The standard InChI is InChI=1S/C16H11Cl2N3O2/c17-13-6-5-12(14(18)7-13)9-20-21-16(22)10-23-15-4-2-1-3-11(15)8-19/h1-7,9H,10H2,(H,21,22). The summed E-state index contributed by atoms with van der Waals surface area (Å²) in [5.41, 5.74) is 3.29. The van der Waals surface area contributed by atoms with Gasteiger partial charge in [0.05, 0.1) is 16.8 Å². The number of hydrogen-bond donors (Lipinski definition) is 1. The van der Waals surface area contributed by atoms with Crippen LogP contribution in [-0.2, 0) is 4.79 Å². The lowest BCUT2D eigenvalue weighted by Crippen LogP contribution is -2.24. The van der Waals surface area contributed by atoms with Gasteiger partial charge in [-0.25, -0.2) is 5.43 Å². The van der Waals surface area contributed by atoms with Gasteiger partial charge in [-0.2, -0.15) is 10.4 Å². The Morgan fingerprint density at radius 1 is 1.30 bits per heavy atom. The van der Waals surface area contributed by atoms with E-state index in [1.54, 1.807) is 42.5 Å². The first-order valence-corrected chi connectivity index (χ1v) is 7.24. The van der Waals surface area contributed by atoms with Gasteiger partial charge < -0.3 is 4.74 Å². The Kier molecular flexibility index (Phi) is 5.98. The second-order valence-corrected chi connectivity index (χ2v) is 5.20. The molecule has 2 rings (SSSR count). The number of hydrazone groups is 1. The lowest BCUT2D eigenvalue weighted by molar-refractivity contribution is -0.123. The molecule has 7 heteroatoms. The normalized spacial score (nSPS) is 10.3. The van der Waals surface area contributed by atoms with E-state index < -0.39 is 5.91 Å². The van der Waals surface area contributed by atoms with Crippen molar-refractivity contribution in [1.82, 2.24) is 5.43 Å². The molecule has 23 heavy (non-hydrogen) atoms. The number of nitriles is 1. The van der Waals surface area contributed by atoms with Crippen LogP contribution in [0.2, 0.25) is 10.0 Å². The van der Waals surface area contributed by atoms with Crippen molar-refractivity contribution in [2.45, 2.75) is 0 Å². The molecule has 0 heterocycles. The lowest BCUT2D eigenvalue weighted by Gasteiger charge is -2.06. The van der Waals surface area contributed by atoms with Crippen LogP contribution >= 0.6 is 23.2 Å². The molecule has 0 saturated heterocycles. The van der Waals surface area contributed by atoms with Crippen LogP contribution in [0.15, 0.2) is 47.6 Å². The second-order valence-electron chi connectivity index (χ2n) is 4.36. The van der Waals surface area contributed by atoms with Gasteiger partial charge in [0, 0.05) is 10.6 Å². The van der Waals surface area contributed by atoms with E-state index in [9.17, 15) is 4.79 Å². The van der Waals surface area contributed by atoms with Gasteiger partial charge in [0.25, 0.3) is 5.91 Å². The molecule has 0 radical (unpaired) electrons. The van der Waals surface area contributed by atoms with Crippen molar-refractivity contribution in [3.05, 3.63) is 63.6 Å². The number of halogens is 2. The average molecular weight is 348 g/mol. The highest BCUT2D eigenvalue weighted by atomic mass is 35.5. The summed E-state index contributed by atoms with van der Waals surface area (Å²) in [6.45, 7) is -0.260. The maximum absolute atomic E-state index is 11.7. The number of nitrogens with one attached hydrogen (secondary N) is 1. The fourth-order valence-electron chi connectivity index (χ4n) is 1.64. The number of ether oxygens (including phenoxy) is 1. The van der Waals surface area contributed by atoms with Gasteiger partial charge in [0.15, 0.2) is 6.61 Å². The van der Waals surface area contributed by atoms with Crippen molar-refractivity contribution < 1.29 is 9.53 Å². The molecular weight excluding hydrogens is 337 g/mol. The molecule has 0 saturated carbocycles. The minimum Gasteiger partial charge on any atom is -0.482 e. The minimum atomic E-state index is -0.459. The Morgan fingerprint density at radius 2 is 2.09 bits per heavy atom. The maximum Gasteiger partial charge on any atom is 0.277 e. The van der Waals surface area contributed by atoms with Crippen LogP contribution in [0.1, 0.15) is 11.1 Å². The van der Waals surface area contributed by atoms with E-state index in [-0.39, 0.29) is 6.61 Å². The quantitative estimate of drug-likeness (QED) is 0.665. The largest absolute Gasteiger partial charge is 0.482 e. The van der Waals surface area contributed by atoms with Crippen LogP contribution in [0.5, 0.6) is 5.75 Å². The first-order valence-electron chi connectivity index (χ1n) is 6.49. The van der Waals surface area contributed by atoms with E-state index >= 15 is 0 Å². The first-order chi connectivity index (χ1) is 11.1. The summed E-state index contributed by atoms with van der Waals surface area (Å²) in [7, 11) is 0. The zero-order chi connectivity index (χ0) is 16.7. The Balaban J connectivity index is 1.88. The summed E-state index contributed by atoms with van der Waals surface area (Å²) in [5, 5.41) is 13.7. The predicted molar refractivity (Wildman–Crippen MR) is 88.9 cm³/mol. The summed E-state index contributed by atoms with van der Waals surface area (Å²) in [4.78, 5) is 11.7. The number of nitrogens with zero attached hydrogens (tertiary/aromatic N) is 2. The Hall–Kier alpha value is -2.55. The van der Waals surface area contributed by atoms with Crippen molar-refractivity contribution in [3.63, 3.8) is 0 Å². The average Bonchev–Trinajstić information content (AvgIpc) is 2.55. The van der Waals surface area contributed by atoms with Gasteiger partial charge in [-0.05, 0) is 24.3 Å². The van der Waals surface area contributed by atoms with Gasteiger partial charge >= 0.3 is 0 Å². The van der Waals surface area contributed by atoms with Crippen molar-refractivity contribution in [3.8, 4) is 11.8 Å². The summed E-state index contributed by atoms with van der Waals surface area (Å²) in [5.74, 6) is -0.117. The van der Waals surface area contributed by atoms with E-state index in [0.717, 1.165) is 0 Å². The van der Waals surface area contributed by atoms with E-state index in [1.165, 1.54) is 6.21 Å². The molecule has 0 aliphatic heterocycles. The molecule has 2 aromatic carbocycles. The van der Waals surface area contributed by atoms with Gasteiger partial charge in [-0.3, -0.25) is 4.79 Å². The summed E-state index contributed by atoms with van der Waals surface area (Å²) in [6, 6.07) is 13.6. The molecule has 0 aromatic heterocycles. The predicted octanol–water partition coefficient (Wildman–Crippen LogP) is 3.39. The SMILES string of the molecule is N#Cc1ccccc1OCC(=O)NN=Cc1ccc(Cl)cc1Cl. The number of carbonyl (C=O) groups is 1.